The number of ether oxygens (including phenoxy) is 2. The van der Waals surface area contributed by atoms with Gasteiger partial charge in [0.15, 0.2) is 0 Å². The number of nitro groups is 1. The molecule has 0 aliphatic heterocycles. The SMILES string of the molecule is COc1ccc(Oc2ncncc2Br)c([N+](=O)[O-])c1. The fourth-order valence-electron chi connectivity index (χ4n) is 1.33. The summed E-state index contributed by atoms with van der Waals surface area (Å²) < 4.78 is 10.8. The molecule has 8 heteroatoms. The second-order valence-corrected chi connectivity index (χ2v) is 4.22. The van der Waals surface area contributed by atoms with Crippen molar-refractivity contribution in [2.24, 2.45) is 0 Å². The Morgan fingerprint density at radius 3 is 2.84 bits per heavy atom. The molecule has 98 valence electrons. The van der Waals surface area contributed by atoms with E-state index in [0.717, 1.165) is 0 Å². The van der Waals surface area contributed by atoms with Gasteiger partial charge in [-0.1, -0.05) is 0 Å². The summed E-state index contributed by atoms with van der Waals surface area (Å²) in [5, 5.41) is 11.0. The van der Waals surface area contributed by atoms with Gasteiger partial charge < -0.3 is 9.47 Å². The van der Waals surface area contributed by atoms with E-state index in [4.69, 9.17) is 9.47 Å². The number of nitro benzene ring substituents is 1. The maximum absolute atomic E-state index is 11.0. The van der Waals surface area contributed by atoms with Gasteiger partial charge >= 0.3 is 5.69 Å². The third-order valence-electron chi connectivity index (χ3n) is 2.20. The highest BCUT2D eigenvalue weighted by Gasteiger charge is 2.18. The van der Waals surface area contributed by atoms with Crippen molar-refractivity contribution in [3.05, 3.63) is 45.3 Å². The molecule has 0 aliphatic rings. The standard InChI is InChI=1S/C11H8BrN3O4/c1-18-7-2-3-10(9(4-7)15(16)17)19-11-8(12)5-13-6-14-11/h2-6H,1H3. The van der Waals surface area contributed by atoms with E-state index in [9.17, 15) is 10.1 Å². The quantitative estimate of drug-likeness (QED) is 0.634. The molecule has 1 heterocycles. The molecule has 0 saturated carbocycles. The van der Waals surface area contributed by atoms with Gasteiger partial charge in [0.05, 0.1) is 22.6 Å². The number of rotatable bonds is 4. The Labute approximate surface area is 116 Å². The van der Waals surface area contributed by atoms with E-state index in [1.54, 1.807) is 6.07 Å². The van der Waals surface area contributed by atoms with Crippen LogP contribution in [0.4, 0.5) is 5.69 Å². The van der Waals surface area contributed by atoms with Crippen molar-refractivity contribution in [2.45, 2.75) is 0 Å². The molecule has 2 aromatic rings. The summed E-state index contributed by atoms with van der Waals surface area (Å²) in [5.41, 5.74) is -0.204. The van der Waals surface area contributed by atoms with Crippen molar-refractivity contribution >= 4 is 21.6 Å². The first kappa shape index (κ1) is 13.2. The average Bonchev–Trinajstić information content (AvgIpc) is 2.41. The van der Waals surface area contributed by atoms with Gasteiger partial charge in [0.2, 0.25) is 11.6 Å². The molecule has 0 fully saturated rings. The summed E-state index contributed by atoms with van der Waals surface area (Å²) in [5.74, 6) is 0.647. The fraction of sp³-hybridized carbons (Fsp3) is 0.0909. The molecule has 0 saturated heterocycles. The number of benzene rings is 1. The van der Waals surface area contributed by atoms with Gasteiger partial charge in [-0.3, -0.25) is 10.1 Å². The first-order valence-corrected chi connectivity index (χ1v) is 5.87. The summed E-state index contributed by atoms with van der Waals surface area (Å²) in [4.78, 5) is 18.1. The zero-order valence-electron chi connectivity index (χ0n) is 9.74. The van der Waals surface area contributed by atoms with Gasteiger partial charge in [-0.25, -0.2) is 9.97 Å². The number of methoxy groups -OCH3 is 1. The molecule has 0 spiro atoms. The van der Waals surface area contributed by atoms with Crippen molar-refractivity contribution in [3.63, 3.8) is 0 Å². The van der Waals surface area contributed by atoms with Gasteiger partial charge in [-0.05, 0) is 28.1 Å². The Morgan fingerprint density at radius 2 is 2.21 bits per heavy atom. The van der Waals surface area contributed by atoms with Crippen LogP contribution in [0.2, 0.25) is 0 Å². The van der Waals surface area contributed by atoms with E-state index in [1.807, 2.05) is 0 Å². The van der Waals surface area contributed by atoms with Gasteiger partial charge in [0, 0.05) is 6.20 Å². The van der Waals surface area contributed by atoms with Crippen LogP contribution in [0.1, 0.15) is 0 Å². The Hall–Kier alpha value is -2.22. The molecule has 7 nitrogen and oxygen atoms in total. The van der Waals surface area contributed by atoms with Crippen molar-refractivity contribution < 1.29 is 14.4 Å². The Bertz CT molecular complexity index is 621. The van der Waals surface area contributed by atoms with Crippen LogP contribution in [0.25, 0.3) is 0 Å². The highest BCUT2D eigenvalue weighted by molar-refractivity contribution is 9.10. The Morgan fingerprint density at radius 1 is 1.42 bits per heavy atom. The maximum Gasteiger partial charge on any atom is 0.315 e. The first-order valence-electron chi connectivity index (χ1n) is 5.07. The van der Waals surface area contributed by atoms with Crippen LogP contribution in [0.15, 0.2) is 35.2 Å². The van der Waals surface area contributed by atoms with Crippen molar-refractivity contribution in [2.75, 3.05) is 7.11 Å². The van der Waals surface area contributed by atoms with Gasteiger partial charge in [-0.15, -0.1) is 0 Å². The van der Waals surface area contributed by atoms with E-state index < -0.39 is 4.92 Å². The molecule has 0 radical (unpaired) electrons. The normalized spacial score (nSPS) is 10.0. The first-order chi connectivity index (χ1) is 9.11. The number of halogens is 1. The third kappa shape index (κ3) is 2.97. The maximum atomic E-state index is 11.0. The molecule has 0 atom stereocenters. The van der Waals surface area contributed by atoms with E-state index >= 15 is 0 Å². The van der Waals surface area contributed by atoms with Gasteiger partial charge in [-0.2, -0.15) is 0 Å². The zero-order valence-corrected chi connectivity index (χ0v) is 11.3. The highest BCUT2D eigenvalue weighted by atomic mass is 79.9. The minimum atomic E-state index is -0.549. The lowest BCUT2D eigenvalue weighted by Gasteiger charge is -2.07. The zero-order chi connectivity index (χ0) is 13.8. The van der Waals surface area contributed by atoms with Crippen LogP contribution in [0.3, 0.4) is 0 Å². The van der Waals surface area contributed by atoms with Crippen LogP contribution in [0, 0.1) is 10.1 Å². The molecule has 0 N–H and O–H groups in total. The molecule has 0 aliphatic carbocycles. The van der Waals surface area contributed by atoms with Gasteiger partial charge in [0.25, 0.3) is 0 Å². The molecule has 0 bridgehead atoms. The fourth-order valence-corrected chi connectivity index (χ4v) is 1.64. The molecule has 1 aromatic heterocycles. The molecular weight excluding hydrogens is 318 g/mol. The molecule has 0 unspecified atom stereocenters. The van der Waals surface area contributed by atoms with E-state index in [-0.39, 0.29) is 17.3 Å². The predicted octanol–water partition coefficient (Wildman–Crippen LogP) is 2.95. The lowest BCUT2D eigenvalue weighted by Crippen LogP contribution is -1.96. The van der Waals surface area contributed by atoms with Crippen LogP contribution >= 0.6 is 15.9 Å². The third-order valence-corrected chi connectivity index (χ3v) is 2.75. The summed E-state index contributed by atoms with van der Waals surface area (Å²) in [7, 11) is 1.43. The highest BCUT2D eigenvalue weighted by Crippen LogP contribution is 2.35. The predicted molar refractivity (Wildman–Crippen MR) is 69.5 cm³/mol. The number of hydrogen-bond donors (Lipinski definition) is 0. The minimum Gasteiger partial charge on any atom is -0.496 e. The topological polar surface area (TPSA) is 87.4 Å². The molecular formula is C11H8BrN3O4. The molecule has 2 rings (SSSR count). The van der Waals surface area contributed by atoms with Crippen molar-refractivity contribution in [1.29, 1.82) is 0 Å². The second-order valence-electron chi connectivity index (χ2n) is 3.37. The molecule has 1 aromatic carbocycles. The smallest absolute Gasteiger partial charge is 0.315 e. The van der Waals surface area contributed by atoms with E-state index in [1.165, 1.54) is 31.8 Å². The van der Waals surface area contributed by atoms with Gasteiger partial charge in [0.1, 0.15) is 12.1 Å². The summed E-state index contributed by atoms with van der Waals surface area (Å²) in [6, 6.07) is 4.30. The van der Waals surface area contributed by atoms with E-state index in [2.05, 4.69) is 25.9 Å². The second kappa shape index (κ2) is 5.61. The van der Waals surface area contributed by atoms with Crippen LogP contribution < -0.4 is 9.47 Å². The monoisotopic (exact) mass is 325 g/mol. The van der Waals surface area contributed by atoms with Crippen molar-refractivity contribution in [3.8, 4) is 17.4 Å². The molecule has 0 amide bonds. The number of hydrogen-bond acceptors (Lipinski definition) is 6. The largest absolute Gasteiger partial charge is 0.496 e. The Kier molecular flexibility index (Phi) is 3.91. The lowest BCUT2D eigenvalue weighted by atomic mass is 10.3. The summed E-state index contributed by atoms with van der Waals surface area (Å²) in [6.45, 7) is 0. The van der Waals surface area contributed by atoms with Crippen molar-refractivity contribution in [1.82, 2.24) is 9.97 Å². The van der Waals surface area contributed by atoms with Crippen LogP contribution in [-0.4, -0.2) is 22.0 Å². The van der Waals surface area contributed by atoms with Crippen LogP contribution in [0.5, 0.6) is 17.4 Å². The Balaban J connectivity index is 2.40. The lowest BCUT2D eigenvalue weighted by molar-refractivity contribution is -0.385. The number of aromatic nitrogens is 2. The van der Waals surface area contributed by atoms with E-state index in [0.29, 0.717) is 10.2 Å². The average molecular weight is 326 g/mol. The summed E-state index contributed by atoms with van der Waals surface area (Å²) in [6.07, 6.45) is 2.77. The number of nitrogens with zero attached hydrogens (tertiary/aromatic N) is 3. The summed E-state index contributed by atoms with van der Waals surface area (Å²) >= 11 is 3.20. The minimum absolute atomic E-state index is 0.0743. The van der Waals surface area contributed by atoms with Crippen LogP contribution in [-0.2, 0) is 0 Å². The molecule has 19 heavy (non-hydrogen) atoms.